The second-order valence-electron chi connectivity index (χ2n) is 11.6. The lowest BCUT2D eigenvalue weighted by Crippen LogP contribution is -2.57. The summed E-state index contributed by atoms with van der Waals surface area (Å²) in [5.74, 6) is 4.50. The molecule has 1 spiro atoms. The van der Waals surface area contributed by atoms with Crippen molar-refractivity contribution in [1.29, 1.82) is 0 Å². The van der Waals surface area contributed by atoms with Gasteiger partial charge < -0.3 is 15.2 Å². The zero-order chi connectivity index (χ0) is 19.9. The van der Waals surface area contributed by atoms with E-state index in [0.29, 0.717) is 40.7 Å². The quantitative estimate of drug-likeness (QED) is 0.697. The Morgan fingerprint density at radius 1 is 1.18 bits per heavy atom. The first-order valence-electron chi connectivity index (χ1n) is 11.8. The molecule has 158 valence electrons. The number of rotatable bonds is 4. The van der Waals surface area contributed by atoms with Crippen LogP contribution < -0.4 is 5.32 Å². The average molecular weight is 390 g/mol. The summed E-state index contributed by atoms with van der Waals surface area (Å²) in [6.07, 6.45) is 10.5. The SMILES string of the molecule is COC1C[C@H]2[C@@H]3CC[C@H](C(C)CNC(=O)O)[C@@]3(C)CC[C@@H]2[C@@]2(C)CC[C@@H]3C[C@]132. The molecule has 0 heterocycles. The molecule has 0 aromatic rings. The topological polar surface area (TPSA) is 58.6 Å². The molecule has 4 heteroatoms. The minimum Gasteiger partial charge on any atom is -0.465 e. The van der Waals surface area contributed by atoms with Crippen molar-refractivity contribution in [1.82, 2.24) is 5.32 Å². The maximum Gasteiger partial charge on any atom is 0.404 e. The first-order chi connectivity index (χ1) is 13.3. The van der Waals surface area contributed by atoms with E-state index in [-0.39, 0.29) is 0 Å². The largest absolute Gasteiger partial charge is 0.465 e. The molecule has 0 aromatic carbocycles. The summed E-state index contributed by atoms with van der Waals surface area (Å²) < 4.78 is 6.21. The van der Waals surface area contributed by atoms with E-state index in [2.05, 4.69) is 26.1 Å². The van der Waals surface area contributed by atoms with E-state index in [1.54, 1.807) is 0 Å². The summed E-state index contributed by atoms with van der Waals surface area (Å²) in [4.78, 5) is 11.0. The molecule has 5 aliphatic carbocycles. The van der Waals surface area contributed by atoms with Crippen molar-refractivity contribution >= 4 is 6.09 Å². The molecule has 5 rings (SSSR count). The zero-order valence-corrected chi connectivity index (χ0v) is 18.2. The summed E-state index contributed by atoms with van der Waals surface area (Å²) in [7, 11) is 1.97. The molecule has 0 saturated heterocycles. The average Bonchev–Trinajstić information content (AvgIpc) is 3.16. The number of carbonyl (C=O) groups is 1. The van der Waals surface area contributed by atoms with Crippen LogP contribution in [0, 0.1) is 51.8 Å². The van der Waals surface area contributed by atoms with Crippen LogP contribution >= 0.6 is 0 Å². The number of methoxy groups -OCH3 is 1. The first kappa shape index (κ1) is 19.2. The Morgan fingerprint density at radius 3 is 2.64 bits per heavy atom. The molecule has 2 unspecified atom stereocenters. The van der Waals surface area contributed by atoms with Crippen LogP contribution in [0.15, 0.2) is 0 Å². The molecule has 0 aromatic heterocycles. The van der Waals surface area contributed by atoms with Gasteiger partial charge in [-0.2, -0.15) is 0 Å². The highest BCUT2D eigenvalue weighted by molar-refractivity contribution is 5.64. The molecular weight excluding hydrogens is 350 g/mol. The number of ether oxygens (including phenoxy) is 1. The van der Waals surface area contributed by atoms with E-state index in [1.165, 1.54) is 51.4 Å². The highest BCUT2D eigenvalue weighted by Crippen LogP contribution is 2.82. The fraction of sp³-hybridized carbons (Fsp3) is 0.958. The van der Waals surface area contributed by atoms with Crippen molar-refractivity contribution in [2.24, 2.45) is 51.8 Å². The Hall–Kier alpha value is -0.770. The van der Waals surface area contributed by atoms with Crippen LogP contribution in [0.4, 0.5) is 4.79 Å². The van der Waals surface area contributed by atoms with E-state index in [9.17, 15) is 4.79 Å². The van der Waals surface area contributed by atoms with Crippen molar-refractivity contribution < 1.29 is 14.6 Å². The molecular formula is C24H39NO3. The Kier molecular flexibility index (Phi) is 4.20. The Balaban J connectivity index is 1.40. The van der Waals surface area contributed by atoms with E-state index >= 15 is 0 Å². The third-order valence-electron chi connectivity index (χ3n) is 11.2. The van der Waals surface area contributed by atoms with Gasteiger partial charge in [-0.05, 0) is 97.7 Å². The smallest absolute Gasteiger partial charge is 0.404 e. The van der Waals surface area contributed by atoms with Gasteiger partial charge in [0.05, 0.1) is 6.10 Å². The monoisotopic (exact) mass is 389 g/mol. The maximum absolute atomic E-state index is 11.0. The van der Waals surface area contributed by atoms with Crippen LogP contribution in [0.2, 0.25) is 0 Å². The molecule has 5 saturated carbocycles. The van der Waals surface area contributed by atoms with Gasteiger partial charge in [0.25, 0.3) is 0 Å². The lowest BCUT2D eigenvalue weighted by molar-refractivity contribution is -0.160. The van der Waals surface area contributed by atoms with Gasteiger partial charge in [0.15, 0.2) is 0 Å². The fourth-order valence-corrected chi connectivity index (χ4v) is 9.94. The van der Waals surface area contributed by atoms with Crippen LogP contribution in [0.25, 0.3) is 0 Å². The second kappa shape index (κ2) is 6.12. The van der Waals surface area contributed by atoms with Crippen molar-refractivity contribution in [2.45, 2.75) is 78.2 Å². The zero-order valence-electron chi connectivity index (χ0n) is 18.2. The number of amides is 1. The molecule has 10 atom stereocenters. The maximum atomic E-state index is 11.0. The molecule has 5 fully saturated rings. The van der Waals surface area contributed by atoms with Gasteiger partial charge in [0.1, 0.15) is 0 Å². The molecule has 0 radical (unpaired) electrons. The highest BCUT2D eigenvalue weighted by Gasteiger charge is 2.77. The van der Waals surface area contributed by atoms with E-state index in [1.807, 2.05) is 7.11 Å². The summed E-state index contributed by atoms with van der Waals surface area (Å²) in [6, 6.07) is 0. The molecule has 5 aliphatic rings. The minimum atomic E-state index is -0.885. The van der Waals surface area contributed by atoms with Gasteiger partial charge in [-0.1, -0.05) is 20.8 Å². The Bertz CT molecular complexity index is 666. The number of fused-ring (bicyclic) bond motifs is 4. The van der Waals surface area contributed by atoms with Gasteiger partial charge in [-0.15, -0.1) is 0 Å². The summed E-state index contributed by atoms with van der Waals surface area (Å²) >= 11 is 0. The van der Waals surface area contributed by atoms with E-state index < -0.39 is 6.09 Å². The fourth-order valence-electron chi connectivity index (χ4n) is 9.94. The van der Waals surface area contributed by atoms with Crippen LogP contribution in [0.3, 0.4) is 0 Å². The van der Waals surface area contributed by atoms with Crippen molar-refractivity contribution in [3.8, 4) is 0 Å². The standard InChI is InChI=1S/C24H39NO3/c1-14(13-25-21(26)27)17-5-6-18-16-11-20(28-4)24-12-15(24)7-10-23(24,3)19(16)8-9-22(17,18)2/h14-20,25H,5-13H2,1-4H3,(H,26,27)/t14?,15-,16+,17-,18+,19+,20?,22-,23-,24-/m1/s1. The predicted octanol–water partition coefficient (Wildman–Crippen LogP) is 5.17. The lowest BCUT2D eigenvalue weighted by Gasteiger charge is -2.61. The minimum absolute atomic E-state index is 0.376. The van der Waals surface area contributed by atoms with Crippen LogP contribution in [-0.2, 0) is 4.74 Å². The first-order valence-corrected chi connectivity index (χ1v) is 11.8. The van der Waals surface area contributed by atoms with Gasteiger partial charge in [-0.3, -0.25) is 0 Å². The van der Waals surface area contributed by atoms with Gasteiger partial charge in [0, 0.05) is 19.1 Å². The van der Waals surface area contributed by atoms with Crippen molar-refractivity contribution in [2.75, 3.05) is 13.7 Å². The normalized spacial score (nSPS) is 54.9. The molecule has 28 heavy (non-hydrogen) atoms. The highest BCUT2D eigenvalue weighted by atomic mass is 16.5. The third kappa shape index (κ3) is 2.24. The Labute approximate surface area is 170 Å². The number of carboxylic acid groups (broad SMARTS) is 1. The van der Waals surface area contributed by atoms with Crippen molar-refractivity contribution in [3.63, 3.8) is 0 Å². The van der Waals surface area contributed by atoms with Crippen LogP contribution in [0.1, 0.15) is 72.1 Å². The predicted molar refractivity (Wildman–Crippen MR) is 109 cm³/mol. The van der Waals surface area contributed by atoms with Crippen LogP contribution in [-0.4, -0.2) is 31.0 Å². The second-order valence-corrected chi connectivity index (χ2v) is 11.6. The number of nitrogens with one attached hydrogen (secondary N) is 1. The number of hydrogen-bond acceptors (Lipinski definition) is 2. The lowest BCUT2D eigenvalue weighted by atomic mass is 9.45. The van der Waals surface area contributed by atoms with E-state index in [4.69, 9.17) is 9.84 Å². The summed E-state index contributed by atoms with van der Waals surface area (Å²) in [6.45, 7) is 8.05. The van der Waals surface area contributed by atoms with Gasteiger partial charge in [0.2, 0.25) is 0 Å². The molecule has 2 N–H and O–H groups in total. The molecule has 1 amide bonds. The Morgan fingerprint density at radius 2 is 1.96 bits per heavy atom. The van der Waals surface area contributed by atoms with Gasteiger partial charge >= 0.3 is 6.09 Å². The van der Waals surface area contributed by atoms with E-state index in [0.717, 1.165) is 23.7 Å². The summed E-state index contributed by atoms with van der Waals surface area (Å²) in [5, 5.41) is 11.7. The molecule has 0 aliphatic heterocycles. The van der Waals surface area contributed by atoms with Gasteiger partial charge in [-0.25, -0.2) is 4.79 Å². The molecule has 0 bridgehead atoms. The van der Waals surface area contributed by atoms with Crippen LogP contribution in [0.5, 0.6) is 0 Å². The summed E-state index contributed by atoms with van der Waals surface area (Å²) in [5.41, 5.74) is 1.38. The third-order valence-corrected chi connectivity index (χ3v) is 11.2. The number of hydrogen-bond donors (Lipinski definition) is 2. The molecule has 4 nitrogen and oxygen atoms in total. The van der Waals surface area contributed by atoms with Crippen molar-refractivity contribution in [3.05, 3.63) is 0 Å².